The van der Waals surface area contributed by atoms with E-state index in [4.69, 9.17) is 16.7 Å². The number of aliphatic hydroxyl groups is 1. The quantitative estimate of drug-likeness (QED) is 0.778. The van der Waals surface area contributed by atoms with E-state index in [0.717, 1.165) is 5.56 Å². The van der Waals surface area contributed by atoms with E-state index in [1.165, 1.54) is 6.08 Å². The van der Waals surface area contributed by atoms with Crippen molar-refractivity contribution in [3.8, 4) is 0 Å². The fourth-order valence-corrected chi connectivity index (χ4v) is 1.64. The Bertz CT molecular complexity index is 418. The Labute approximate surface area is 112 Å². The molecule has 1 atom stereocenters. The lowest BCUT2D eigenvalue weighted by atomic mass is 10.1. The van der Waals surface area contributed by atoms with E-state index in [0.29, 0.717) is 18.0 Å². The Morgan fingerprint density at radius 3 is 3.00 bits per heavy atom. The second-order valence-corrected chi connectivity index (χ2v) is 4.69. The molecule has 0 saturated heterocycles. The van der Waals surface area contributed by atoms with Crippen molar-refractivity contribution in [1.29, 1.82) is 0 Å². The van der Waals surface area contributed by atoms with Crippen LogP contribution in [0.1, 0.15) is 18.9 Å². The first-order valence-corrected chi connectivity index (χ1v) is 6.32. The van der Waals surface area contributed by atoms with Gasteiger partial charge in [0.05, 0.1) is 0 Å². The van der Waals surface area contributed by atoms with E-state index in [2.05, 4.69) is 5.32 Å². The van der Waals surface area contributed by atoms with Crippen LogP contribution in [0.25, 0.3) is 6.08 Å². The van der Waals surface area contributed by atoms with Crippen molar-refractivity contribution >= 4 is 23.6 Å². The molecule has 0 spiro atoms. The van der Waals surface area contributed by atoms with Crippen LogP contribution in [0.4, 0.5) is 0 Å². The average Bonchev–Trinajstić information content (AvgIpc) is 2.34. The van der Waals surface area contributed by atoms with Crippen LogP contribution in [0.3, 0.4) is 0 Å². The molecule has 0 heterocycles. The Balaban J connectivity index is 2.40. The first-order chi connectivity index (χ1) is 8.61. The molecular weight excluding hydrogens is 250 g/mol. The number of carbonyl (C=O) groups is 1. The molecule has 0 aliphatic rings. The Hall–Kier alpha value is -1.32. The molecule has 0 aliphatic heterocycles. The molecule has 1 unspecified atom stereocenters. The fraction of sp³-hybridized carbons (Fsp3) is 0.357. The number of rotatable bonds is 6. The van der Waals surface area contributed by atoms with E-state index in [-0.39, 0.29) is 18.4 Å². The van der Waals surface area contributed by atoms with Gasteiger partial charge < -0.3 is 10.4 Å². The molecule has 0 saturated carbocycles. The minimum Gasteiger partial charge on any atom is -0.396 e. The highest BCUT2D eigenvalue weighted by Crippen LogP contribution is 2.11. The van der Waals surface area contributed by atoms with Gasteiger partial charge in [0, 0.05) is 24.3 Å². The van der Waals surface area contributed by atoms with Crippen LogP contribution >= 0.6 is 11.6 Å². The molecule has 0 aliphatic carbocycles. The summed E-state index contributed by atoms with van der Waals surface area (Å²) in [4.78, 5) is 11.5. The summed E-state index contributed by atoms with van der Waals surface area (Å²) in [5, 5.41) is 12.2. The summed E-state index contributed by atoms with van der Waals surface area (Å²) < 4.78 is 0. The predicted octanol–water partition coefficient (Wildman–Crippen LogP) is 2.49. The van der Waals surface area contributed by atoms with Crippen LogP contribution in [0.5, 0.6) is 0 Å². The molecule has 3 nitrogen and oxygen atoms in total. The van der Waals surface area contributed by atoms with Crippen molar-refractivity contribution in [3.63, 3.8) is 0 Å². The largest absolute Gasteiger partial charge is 0.396 e. The Kier molecular flexibility index (Phi) is 6.47. The van der Waals surface area contributed by atoms with Crippen molar-refractivity contribution in [3.05, 3.63) is 40.9 Å². The molecule has 0 bridgehead atoms. The normalized spacial score (nSPS) is 12.6. The van der Waals surface area contributed by atoms with Gasteiger partial charge >= 0.3 is 0 Å². The molecule has 98 valence electrons. The first kappa shape index (κ1) is 14.7. The number of nitrogens with one attached hydrogen (secondary N) is 1. The van der Waals surface area contributed by atoms with Gasteiger partial charge in [0.15, 0.2) is 0 Å². The lowest BCUT2D eigenvalue weighted by molar-refractivity contribution is -0.116. The van der Waals surface area contributed by atoms with Crippen LogP contribution < -0.4 is 5.32 Å². The SMILES string of the molecule is CC(CCO)CNC(=O)C=Cc1cccc(Cl)c1. The second-order valence-electron chi connectivity index (χ2n) is 4.25. The van der Waals surface area contributed by atoms with Gasteiger partial charge in [-0.3, -0.25) is 4.79 Å². The summed E-state index contributed by atoms with van der Waals surface area (Å²) in [6.45, 7) is 2.70. The number of carbonyl (C=O) groups excluding carboxylic acids is 1. The maximum atomic E-state index is 11.5. The monoisotopic (exact) mass is 267 g/mol. The lowest BCUT2D eigenvalue weighted by Gasteiger charge is -2.09. The lowest BCUT2D eigenvalue weighted by Crippen LogP contribution is -2.26. The maximum Gasteiger partial charge on any atom is 0.244 e. The molecule has 1 rings (SSSR count). The summed E-state index contributed by atoms with van der Waals surface area (Å²) in [6.07, 6.45) is 3.90. The van der Waals surface area contributed by atoms with Crippen molar-refractivity contribution in [2.45, 2.75) is 13.3 Å². The summed E-state index contributed by atoms with van der Waals surface area (Å²) >= 11 is 5.84. The third-order valence-corrected chi connectivity index (χ3v) is 2.76. The van der Waals surface area contributed by atoms with Gasteiger partial charge in [0.25, 0.3) is 0 Å². The van der Waals surface area contributed by atoms with E-state index >= 15 is 0 Å². The predicted molar refractivity (Wildman–Crippen MR) is 74.4 cm³/mol. The smallest absolute Gasteiger partial charge is 0.244 e. The van der Waals surface area contributed by atoms with Crippen molar-refractivity contribution < 1.29 is 9.90 Å². The van der Waals surface area contributed by atoms with Gasteiger partial charge in [0.2, 0.25) is 5.91 Å². The molecule has 18 heavy (non-hydrogen) atoms. The van der Waals surface area contributed by atoms with Gasteiger partial charge in [-0.2, -0.15) is 0 Å². The van der Waals surface area contributed by atoms with Gasteiger partial charge in [-0.15, -0.1) is 0 Å². The van der Waals surface area contributed by atoms with Crippen molar-refractivity contribution in [2.75, 3.05) is 13.2 Å². The highest BCUT2D eigenvalue weighted by molar-refractivity contribution is 6.30. The molecule has 1 aromatic carbocycles. The van der Waals surface area contributed by atoms with Gasteiger partial charge in [0.1, 0.15) is 0 Å². The molecular formula is C14H18ClNO2. The van der Waals surface area contributed by atoms with Crippen molar-refractivity contribution in [2.24, 2.45) is 5.92 Å². The zero-order valence-electron chi connectivity index (χ0n) is 10.4. The summed E-state index contributed by atoms with van der Waals surface area (Å²) in [7, 11) is 0. The highest BCUT2D eigenvalue weighted by atomic mass is 35.5. The third-order valence-electron chi connectivity index (χ3n) is 2.52. The minimum absolute atomic E-state index is 0.139. The van der Waals surface area contributed by atoms with Gasteiger partial charge in [-0.05, 0) is 36.1 Å². The molecule has 2 N–H and O–H groups in total. The molecule has 0 fully saturated rings. The number of amides is 1. The van der Waals surface area contributed by atoms with Crippen LogP contribution in [0.15, 0.2) is 30.3 Å². The molecule has 0 aromatic heterocycles. The Morgan fingerprint density at radius 2 is 2.33 bits per heavy atom. The average molecular weight is 268 g/mol. The number of aliphatic hydroxyl groups excluding tert-OH is 1. The number of hydrogen-bond acceptors (Lipinski definition) is 2. The molecule has 1 aromatic rings. The second kappa shape index (κ2) is 7.90. The van der Waals surface area contributed by atoms with E-state index in [9.17, 15) is 4.79 Å². The number of halogens is 1. The van der Waals surface area contributed by atoms with E-state index < -0.39 is 0 Å². The fourth-order valence-electron chi connectivity index (χ4n) is 1.44. The molecule has 4 heteroatoms. The number of benzene rings is 1. The maximum absolute atomic E-state index is 11.5. The summed E-state index contributed by atoms with van der Waals surface area (Å²) in [5.74, 6) is 0.137. The molecule has 1 amide bonds. The van der Waals surface area contributed by atoms with Crippen molar-refractivity contribution in [1.82, 2.24) is 5.32 Å². The van der Waals surface area contributed by atoms with Gasteiger partial charge in [-0.25, -0.2) is 0 Å². The standard InChI is InChI=1S/C14H18ClNO2/c1-11(7-8-17)10-16-14(18)6-5-12-3-2-4-13(15)9-12/h2-6,9,11,17H,7-8,10H2,1H3,(H,16,18). The van der Waals surface area contributed by atoms with Crippen LogP contribution in [0.2, 0.25) is 5.02 Å². The Morgan fingerprint density at radius 1 is 1.56 bits per heavy atom. The minimum atomic E-state index is -0.139. The highest BCUT2D eigenvalue weighted by Gasteiger charge is 2.02. The zero-order valence-corrected chi connectivity index (χ0v) is 11.2. The number of hydrogen-bond donors (Lipinski definition) is 2. The van der Waals surface area contributed by atoms with Crippen LogP contribution in [0, 0.1) is 5.92 Å². The van der Waals surface area contributed by atoms with Gasteiger partial charge in [-0.1, -0.05) is 30.7 Å². The van der Waals surface area contributed by atoms with E-state index in [1.54, 1.807) is 18.2 Å². The van der Waals surface area contributed by atoms with Crippen LogP contribution in [-0.4, -0.2) is 24.2 Å². The van der Waals surface area contributed by atoms with E-state index in [1.807, 2.05) is 19.1 Å². The topological polar surface area (TPSA) is 49.3 Å². The zero-order chi connectivity index (χ0) is 13.4. The van der Waals surface area contributed by atoms with Crippen LogP contribution in [-0.2, 0) is 4.79 Å². The first-order valence-electron chi connectivity index (χ1n) is 5.94. The molecule has 0 radical (unpaired) electrons. The summed E-state index contributed by atoms with van der Waals surface area (Å²) in [5.41, 5.74) is 0.890. The summed E-state index contributed by atoms with van der Waals surface area (Å²) in [6, 6.07) is 7.29. The third kappa shape index (κ3) is 5.84.